The highest BCUT2D eigenvalue weighted by molar-refractivity contribution is 7.71. The lowest BCUT2D eigenvalue weighted by Crippen LogP contribution is -2.22. The summed E-state index contributed by atoms with van der Waals surface area (Å²) in [5.74, 6) is 1.28. The largest absolute Gasteiger partial charge is 0.494 e. The van der Waals surface area contributed by atoms with Crippen molar-refractivity contribution in [2.45, 2.75) is 39.2 Å². The molecule has 1 heterocycles. The van der Waals surface area contributed by atoms with Gasteiger partial charge in [0, 0.05) is 18.2 Å². The zero-order chi connectivity index (χ0) is 15.1. The second-order valence-electron chi connectivity index (χ2n) is 6.38. The third-order valence-corrected chi connectivity index (χ3v) is 4.81. The second kappa shape index (κ2) is 5.44. The van der Waals surface area contributed by atoms with Gasteiger partial charge in [-0.1, -0.05) is 13.8 Å². The summed E-state index contributed by atoms with van der Waals surface area (Å²) < 4.78 is 21.8. The van der Waals surface area contributed by atoms with Gasteiger partial charge >= 0.3 is 0 Å². The van der Waals surface area contributed by atoms with Gasteiger partial charge in [0.15, 0.2) is 16.3 Å². The SMILES string of the molecule is COc1cc2c(cc1F)[nH]c(=S)n2C1CC(C)CC(C)C1. The van der Waals surface area contributed by atoms with Crippen molar-refractivity contribution in [2.24, 2.45) is 11.8 Å². The topological polar surface area (TPSA) is 29.9 Å². The summed E-state index contributed by atoms with van der Waals surface area (Å²) in [7, 11) is 1.49. The van der Waals surface area contributed by atoms with Gasteiger partial charge in [-0.25, -0.2) is 4.39 Å². The van der Waals surface area contributed by atoms with Crippen LogP contribution in [0.4, 0.5) is 4.39 Å². The summed E-state index contributed by atoms with van der Waals surface area (Å²) in [6.07, 6.45) is 3.50. The number of halogens is 1. The Morgan fingerprint density at radius 3 is 2.52 bits per heavy atom. The first-order chi connectivity index (χ1) is 9.99. The fourth-order valence-electron chi connectivity index (χ4n) is 3.76. The molecule has 1 aromatic carbocycles. The lowest BCUT2D eigenvalue weighted by Gasteiger charge is -2.32. The van der Waals surface area contributed by atoms with Gasteiger partial charge in [-0.2, -0.15) is 0 Å². The first-order valence-corrected chi connectivity index (χ1v) is 7.88. The third kappa shape index (κ3) is 2.59. The van der Waals surface area contributed by atoms with E-state index in [1.165, 1.54) is 19.6 Å². The normalized spacial score (nSPS) is 26.2. The number of nitrogens with one attached hydrogen (secondary N) is 1. The number of aromatic amines is 1. The first kappa shape index (κ1) is 14.6. The standard InChI is InChI=1S/C16H21FN2OS/c1-9-4-10(2)6-11(5-9)19-14-8-15(20-3)12(17)7-13(14)18-16(19)21/h7-11H,4-6H2,1-3H3,(H,18,21). The first-order valence-electron chi connectivity index (χ1n) is 7.47. The molecule has 0 spiro atoms. The molecule has 21 heavy (non-hydrogen) atoms. The van der Waals surface area contributed by atoms with Crippen LogP contribution in [0.25, 0.3) is 11.0 Å². The van der Waals surface area contributed by atoms with E-state index in [1.807, 2.05) is 0 Å². The maximum absolute atomic E-state index is 13.8. The molecule has 1 aliphatic carbocycles. The van der Waals surface area contributed by atoms with Gasteiger partial charge in [0.05, 0.1) is 18.1 Å². The van der Waals surface area contributed by atoms with Crippen molar-refractivity contribution in [3.63, 3.8) is 0 Å². The predicted molar refractivity (Wildman–Crippen MR) is 84.8 cm³/mol. The van der Waals surface area contributed by atoms with Gasteiger partial charge in [0.1, 0.15) is 0 Å². The maximum Gasteiger partial charge on any atom is 0.178 e. The van der Waals surface area contributed by atoms with Crippen molar-refractivity contribution in [1.82, 2.24) is 9.55 Å². The average Bonchev–Trinajstić information content (AvgIpc) is 2.71. The lowest BCUT2D eigenvalue weighted by atomic mass is 9.80. The fraction of sp³-hybridized carbons (Fsp3) is 0.562. The Balaban J connectivity index is 2.13. The molecular weight excluding hydrogens is 287 g/mol. The molecule has 0 radical (unpaired) electrons. The quantitative estimate of drug-likeness (QED) is 0.804. The molecule has 3 nitrogen and oxygen atoms in total. The highest BCUT2D eigenvalue weighted by atomic mass is 32.1. The van der Waals surface area contributed by atoms with Crippen LogP contribution in [0.15, 0.2) is 12.1 Å². The van der Waals surface area contributed by atoms with E-state index in [9.17, 15) is 4.39 Å². The van der Waals surface area contributed by atoms with Crippen LogP contribution in [0, 0.1) is 22.4 Å². The van der Waals surface area contributed by atoms with Crippen molar-refractivity contribution in [1.29, 1.82) is 0 Å². The van der Waals surface area contributed by atoms with E-state index < -0.39 is 0 Å². The average molecular weight is 308 g/mol. The Hall–Kier alpha value is -1.36. The summed E-state index contributed by atoms with van der Waals surface area (Å²) in [4.78, 5) is 3.13. The van der Waals surface area contributed by atoms with E-state index in [1.54, 1.807) is 6.07 Å². The number of nitrogens with zero attached hydrogens (tertiary/aromatic N) is 1. The molecule has 0 bridgehead atoms. The van der Waals surface area contributed by atoms with E-state index in [4.69, 9.17) is 17.0 Å². The number of H-pyrrole nitrogens is 1. The van der Waals surface area contributed by atoms with Crippen LogP contribution in [0.2, 0.25) is 0 Å². The fourth-order valence-corrected chi connectivity index (χ4v) is 4.12. The summed E-state index contributed by atoms with van der Waals surface area (Å²) in [6.45, 7) is 4.59. The van der Waals surface area contributed by atoms with Crippen LogP contribution in [0.3, 0.4) is 0 Å². The minimum absolute atomic E-state index is 0.266. The minimum atomic E-state index is -0.362. The molecular formula is C16H21FN2OS. The van der Waals surface area contributed by atoms with Gasteiger partial charge in [-0.3, -0.25) is 0 Å². The summed E-state index contributed by atoms with van der Waals surface area (Å²) >= 11 is 5.48. The Kier molecular flexibility index (Phi) is 3.78. The highest BCUT2D eigenvalue weighted by Crippen LogP contribution is 2.38. The number of methoxy groups -OCH3 is 1. The van der Waals surface area contributed by atoms with Crippen LogP contribution < -0.4 is 4.74 Å². The van der Waals surface area contributed by atoms with E-state index in [0.717, 1.165) is 23.9 Å². The molecule has 1 saturated carbocycles. The number of rotatable bonds is 2. The summed E-state index contributed by atoms with van der Waals surface area (Å²) in [5, 5.41) is 0. The maximum atomic E-state index is 13.8. The molecule has 1 N–H and O–H groups in total. The number of benzene rings is 1. The smallest absolute Gasteiger partial charge is 0.178 e. The molecule has 1 aliphatic rings. The molecule has 0 aliphatic heterocycles. The van der Waals surface area contributed by atoms with Crippen LogP contribution in [-0.4, -0.2) is 16.7 Å². The number of hydrogen-bond donors (Lipinski definition) is 1. The van der Waals surface area contributed by atoms with E-state index >= 15 is 0 Å². The van der Waals surface area contributed by atoms with Gasteiger partial charge < -0.3 is 14.3 Å². The molecule has 114 valence electrons. The highest BCUT2D eigenvalue weighted by Gasteiger charge is 2.27. The van der Waals surface area contributed by atoms with Crippen LogP contribution in [0.5, 0.6) is 5.75 Å². The molecule has 2 unspecified atom stereocenters. The van der Waals surface area contributed by atoms with Gasteiger partial charge in [-0.15, -0.1) is 0 Å². The molecule has 3 rings (SSSR count). The van der Waals surface area contributed by atoms with Crippen molar-refractivity contribution in [3.8, 4) is 5.75 Å². The number of ether oxygens (including phenoxy) is 1. The van der Waals surface area contributed by atoms with Crippen LogP contribution in [-0.2, 0) is 0 Å². The van der Waals surface area contributed by atoms with Gasteiger partial charge in [-0.05, 0) is 43.3 Å². The van der Waals surface area contributed by atoms with E-state index in [0.29, 0.717) is 22.6 Å². The number of aromatic nitrogens is 2. The van der Waals surface area contributed by atoms with Crippen molar-refractivity contribution in [2.75, 3.05) is 7.11 Å². The minimum Gasteiger partial charge on any atom is -0.494 e. The number of fused-ring (bicyclic) bond motifs is 1. The zero-order valence-corrected chi connectivity index (χ0v) is 13.5. The number of imidazole rings is 1. The van der Waals surface area contributed by atoms with Crippen molar-refractivity contribution < 1.29 is 9.13 Å². The Bertz CT molecular complexity index is 711. The van der Waals surface area contributed by atoms with E-state index in [2.05, 4.69) is 23.4 Å². The molecule has 0 saturated heterocycles. The monoisotopic (exact) mass is 308 g/mol. The summed E-state index contributed by atoms with van der Waals surface area (Å²) in [5.41, 5.74) is 1.67. The number of hydrogen-bond acceptors (Lipinski definition) is 2. The molecule has 1 fully saturated rings. The Morgan fingerprint density at radius 2 is 1.90 bits per heavy atom. The van der Waals surface area contributed by atoms with E-state index in [-0.39, 0.29) is 11.6 Å². The molecule has 2 atom stereocenters. The Morgan fingerprint density at radius 1 is 1.24 bits per heavy atom. The zero-order valence-electron chi connectivity index (χ0n) is 12.6. The molecule has 5 heteroatoms. The van der Waals surface area contributed by atoms with Crippen LogP contribution in [0.1, 0.15) is 39.2 Å². The second-order valence-corrected chi connectivity index (χ2v) is 6.76. The van der Waals surface area contributed by atoms with Gasteiger partial charge in [0.25, 0.3) is 0 Å². The Labute approximate surface area is 129 Å². The van der Waals surface area contributed by atoms with Crippen molar-refractivity contribution >= 4 is 23.3 Å². The molecule has 1 aromatic heterocycles. The van der Waals surface area contributed by atoms with Crippen LogP contribution >= 0.6 is 12.2 Å². The summed E-state index contributed by atoms with van der Waals surface area (Å²) in [6, 6.07) is 3.59. The predicted octanol–water partition coefficient (Wildman–Crippen LogP) is 4.84. The third-order valence-electron chi connectivity index (χ3n) is 4.51. The molecule has 2 aromatic rings. The van der Waals surface area contributed by atoms with Gasteiger partial charge in [0.2, 0.25) is 0 Å². The van der Waals surface area contributed by atoms with Crippen molar-refractivity contribution in [3.05, 3.63) is 22.7 Å². The lowest BCUT2D eigenvalue weighted by molar-refractivity contribution is 0.223. The molecule has 0 amide bonds.